The summed E-state index contributed by atoms with van der Waals surface area (Å²) in [6, 6.07) is 13.5. The standard InChI is InChI=1S/C18H13NO4/c1-23-18(22)13-7-8-16-15(9-13)14(11-20)10-19(16)17(21)12-5-3-2-4-6-12/h2-11H,1H3. The molecule has 0 fully saturated rings. The first-order valence-corrected chi connectivity index (χ1v) is 6.94. The molecule has 2 aromatic carbocycles. The molecule has 1 aromatic heterocycles. The van der Waals surface area contributed by atoms with Gasteiger partial charge in [0.25, 0.3) is 5.91 Å². The highest BCUT2D eigenvalue weighted by molar-refractivity contribution is 6.08. The SMILES string of the molecule is COC(=O)c1ccc2c(c1)c(C=O)cn2C(=O)c1ccccc1. The smallest absolute Gasteiger partial charge is 0.337 e. The Bertz CT molecular complexity index is 909. The largest absolute Gasteiger partial charge is 0.465 e. The normalized spacial score (nSPS) is 10.5. The molecule has 5 nitrogen and oxygen atoms in total. The number of carbonyl (C=O) groups is 3. The van der Waals surface area contributed by atoms with Crippen LogP contribution in [0.2, 0.25) is 0 Å². The zero-order valence-electron chi connectivity index (χ0n) is 12.4. The van der Waals surface area contributed by atoms with E-state index in [2.05, 4.69) is 4.74 Å². The quantitative estimate of drug-likeness (QED) is 0.551. The summed E-state index contributed by atoms with van der Waals surface area (Å²) in [5.74, 6) is -0.736. The van der Waals surface area contributed by atoms with E-state index in [9.17, 15) is 14.4 Å². The van der Waals surface area contributed by atoms with Gasteiger partial charge in [0.1, 0.15) is 0 Å². The van der Waals surface area contributed by atoms with Crippen LogP contribution in [0.15, 0.2) is 54.7 Å². The Labute approximate surface area is 132 Å². The summed E-state index contributed by atoms with van der Waals surface area (Å²) in [5.41, 5.74) is 1.75. The molecule has 0 radical (unpaired) electrons. The molecule has 5 heteroatoms. The number of hydrogen-bond acceptors (Lipinski definition) is 4. The van der Waals surface area contributed by atoms with Crippen molar-refractivity contribution >= 4 is 29.1 Å². The van der Waals surface area contributed by atoms with Gasteiger partial charge in [-0.3, -0.25) is 14.2 Å². The van der Waals surface area contributed by atoms with Crippen LogP contribution in [0.25, 0.3) is 10.9 Å². The van der Waals surface area contributed by atoms with Crippen molar-refractivity contribution in [3.63, 3.8) is 0 Å². The van der Waals surface area contributed by atoms with Crippen LogP contribution >= 0.6 is 0 Å². The van der Waals surface area contributed by atoms with E-state index in [4.69, 9.17) is 0 Å². The second kappa shape index (κ2) is 5.88. The molecular weight excluding hydrogens is 294 g/mol. The lowest BCUT2D eigenvalue weighted by atomic mass is 10.1. The van der Waals surface area contributed by atoms with E-state index < -0.39 is 5.97 Å². The zero-order chi connectivity index (χ0) is 16.4. The average Bonchev–Trinajstić information content (AvgIpc) is 2.99. The van der Waals surface area contributed by atoms with Crippen molar-refractivity contribution in [2.24, 2.45) is 0 Å². The molecule has 0 saturated carbocycles. The highest BCUT2D eigenvalue weighted by Crippen LogP contribution is 2.23. The lowest BCUT2D eigenvalue weighted by Crippen LogP contribution is -2.10. The Hall–Kier alpha value is -3.21. The minimum atomic E-state index is -0.495. The molecular formula is C18H13NO4. The first kappa shape index (κ1) is 14.7. The predicted octanol–water partition coefficient (Wildman–Crippen LogP) is 2.93. The fourth-order valence-electron chi connectivity index (χ4n) is 2.48. The summed E-state index contributed by atoms with van der Waals surface area (Å²) in [7, 11) is 1.29. The number of carbonyl (C=O) groups excluding carboxylic acids is 3. The number of methoxy groups -OCH3 is 1. The maximum absolute atomic E-state index is 12.6. The van der Waals surface area contributed by atoms with Crippen LogP contribution in [0.4, 0.5) is 0 Å². The third kappa shape index (κ3) is 2.53. The van der Waals surface area contributed by atoms with Crippen LogP contribution in [-0.2, 0) is 4.74 Å². The van der Waals surface area contributed by atoms with Crippen LogP contribution in [0.1, 0.15) is 31.1 Å². The van der Waals surface area contributed by atoms with E-state index in [1.807, 2.05) is 6.07 Å². The lowest BCUT2D eigenvalue weighted by Gasteiger charge is -2.05. The molecule has 3 rings (SSSR count). The number of nitrogens with zero attached hydrogens (tertiary/aromatic N) is 1. The highest BCUT2D eigenvalue weighted by atomic mass is 16.5. The van der Waals surface area contributed by atoms with Gasteiger partial charge in [0.05, 0.1) is 18.2 Å². The average molecular weight is 307 g/mol. The summed E-state index contributed by atoms with van der Waals surface area (Å²) in [6.07, 6.45) is 2.15. The monoisotopic (exact) mass is 307 g/mol. The molecule has 0 N–H and O–H groups in total. The van der Waals surface area contributed by atoms with E-state index in [1.54, 1.807) is 42.5 Å². The maximum Gasteiger partial charge on any atom is 0.337 e. The zero-order valence-corrected chi connectivity index (χ0v) is 12.4. The first-order valence-electron chi connectivity index (χ1n) is 6.94. The van der Waals surface area contributed by atoms with Gasteiger partial charge in [-0.2, -0.15) is 0 Å². The fourth-order valence-corrected chi connectivity index (χ4v) is 2.48. The second-order valence-electron chi connectivity index (χ2n) is 4.97. The van der Waals surface area contributed by atoms with Gasteiger partial charge in [0.15, 0.2) is 6.29 Å². The van der Waals surface area contributed by atoms with Gasteiger partial charge >= 0.3 is 5.97 Å². The van der Waals surface area contributed by atoms with E-state index in [0.29, 0.717) is 33.9 Å². The number of benzene rings is 2. The van der Waals surface area contributed by atoms with Crippen LogP contribution in [0.3, 0.4) is 0 Å². The van der Waals surface area contributed by atoms with Crippen LogP contribution in [-0.4, -0.2) is 29.8 Å². The Balaban J connectivity index is 2.17. The van der Waals surface area contributed by atoms with Gasteiger partial charge in [-0.25, -0.2) is 4.79 Å². The van der Waals surface area contributed by atoms with Crippen LogP contribution in [0.5, 0.6) is 0 Å². The lowest BCUT2D eigenvalue weighted by molar-refractivity contribution is 0.0600. The van der Waals surface area contributed by atoms with E-state index in [1.165, 1.54) is 17.9 Å². The topological polar surface area (TPSA) is 65.4 Å². The molecule has 0 aliphatic carbocycles. The number of aromatic nitrogens is 1. The fraction of sp³-hybridized carbons (Fsp3) is 0.0556. The molecule has 23 heavy (non-hydrogen) atoms. The van der Waals surface area contributed by atoms with Crippen molar-refractivity contribution < 1.29 is 19.1 Å². The summed E-state index contributed by atoms with van der Waals surface area (Å²) >= 11 is 0. The van der Waals surface area contributed by atoms with Crippen molar-refractivity contribution in [3.05, 3.63) is 71.4 Å². The third-order valence-electron chi connectivity index (χ3n) is 3.62. The number of esters is 1. The molecule has 3 aromatic rings. The maximum atomic E-state index is 12.6. The summed E-state index contributed by atoms with van der Waals surface area (Å²) < 4.78 is 6.09. The first-order chi connectivity index (χ1) is 11.2. The van der Waals surface area contributed by atoms with Gasteiger partial charge in [-0.15, -0.1) is 0 Å². The molecule has 0 unspecified atom stereocenters. The van der Waals surface area contributed by atoms with Gasteiger partial charge < -0.3 is 4.74 Å². The van der Waals surface area contributed by atoms with Gasteiger partial charge in [-0.1, -0.05) is 18.2 Å². The summed E-state index contributed by atoms with van der Waals surface area (Å²) in [5, 5.41) is 0.534. The van der Waals surface area contributed by atoms with Gasteiger partial charge in [-0.05, 0) is 30.3 Å². The number of fused-ring (bicyclic) bond motifs is 1. The molecule has 0 aliphatic rings. The van der Waals surface area contributed by atoms with Crippen LogP contribution < -0.4 is 0 Å². The summed E-state index contributed by atoms with van der Waals surface area (Å²) in [4.78, 5) is 35.6. The minimum Gasteiger partial charge on any atom is -0.465 e. The Kier molecular flexibility index (Phi) is 3.76. The van der Waals surface area contributed by atoms with Gasteiger partial charge in [0, 0.05) is 22.7 Å². The molecule has 0 bridgehead atoms. The molecule has 114 valence electrons. The number of ether oxygens (including phenoxy) is 1. The number of hydrogen-bond donors (Lipinski definition) is 0. The molecule has 0 saturated heterocycles. The van der Waals surface area contributed by atoms with Crippen molar-refractivity contribution in [2.45, 2.75) is 0 Å². The van der Waals surface area contributed by atoms with Crippen molar-refractivity contribution in [1.29, 1.82) is 0 Å². The predicted molar refractivity (Wildman–Crippen MR) is 84.8 cm³/mol. The van der Waals surface area contributed by atoms with E-state index >= 15 is 0 Å². The Morgan fingerprint density at radius 1 is 1.04 bits per heavy atom. The molecule has 0 amide bonds. The third-order valence-corrected chi connectivity index (χ3v) is 3.62. The molecule has 0 atom stereocenters. The molecule has 0 aliphatic heterocycles. The second-order valence-corrected chi connectivity index (χ2v) is 4.97. The number of rotatable bonds is 3. The minimum absolute atomic E-state index is 0.241. The van der Waals surface area contributed by atoms with Crippen molar-refractivity contribution in [3.8, 4) is 0 Å². The molecule has 1 heterocycles. The van der Waals surface area contributed by atoms with Crippen molar-refractivity contribution in [1.82, 2.24) is 4.57 Å². The molecule has 0 spiro atoms. The Morgan fingerprint density at radius 2 is 1.78 bits per heavy atom. The van der Waals surface area contributed by atoms with Crippen molar-refractivity contribution in [2.75, 3.05) is 7.11 Å². The Morgan fingerprint density at radius 3 is 2.43 bits per heavy atom. The van der Waals surface area contributed by atoms with E-state index in [0.717, 1.165) is 0 Å². The highest BCUT2D eigenvalue weighted by Gasteiger charge is 2.16. The van der Waals surface area contributed by atoms with Gasteiger partial charge in [0.2, 0.25) is 0 Å². The number of aldehydes is 1. The van der Waals surface area contributed by atoms with E-state index in [-0.39, 0.29) is 5.91 Å². The van der Waals surface area contributed by atoms with Crippen LogP contribution in [0, 0.1) is 0 Å². The summed E-state index contributed by atoms with van der Waals surface area (Å²) in [6.45, 7) is 0.